The largest absolute Gasteiger partial charge is 0.870 e. The quantitative estimate of drug-likeness (QED) is 0.460. The molecule has 0 aromatic rings. The lowest BCUT2D eigenvalue weighted by Crippen LogP contribution is -2.45. The topological polar surface area (TPSA) is 30.0 Å². The van der Waals surface area contributed by atoms with Gasteiger partial charge in [0.25, 0.3) is 0 Å². The molecule has 1 N–H and O–H groups in total. The third-order valence-electron chi connectivity index (χ3n) is 1.52. The second-order valence-electron chi connectivity index (χ2n) is 2.54. The van der Waals surface area contributed by atoms with Crippen LogP contribution in [0.1, 0.15) is 0 Å². The molecule has 18 heavy (non-hydrogen) atoms. The highest BCUT2D eigenvalue weighted by molar-refractivity contribution is 7.79. The zero-order valence-electron chi connectivity index (χ0n) is 7.43. The Morgan fingerprint density at radius 3 is 0.500 bits per heavy atom. The van der Waals surface area contributed by atoms with E-state index in [2.05, 4.69) is 0 Å². The van der Waals surface area contributed by atoms with Crippen molar-refractivity contribution in [2.24, 2.45) is 0 Å². The van der Waals surface area contributed by atoms with Crippen LogP contribution in [0.2, 0.25) is 0 Å². The van der Waals surface area contributed by atoms with Crippen LogP contribution in [-0.4, -0.2) is 29.1 Å². The van der Waals surface area contributed by atoms with Crippen molar-refractivity contribution in [2.45, 2.75) is 23.7 Å². The van der Waals surface area contributed by atoms with Gasteiger partial charge in [-0.3, -0.25) is 0 Å². The van der Waals surface area contributed by atoms with E-state index in [-0.39, 0.29) is 5.48 Å². The molecular formula is C4HF12OP. The molecule has 0 saturated carbocycles. The van der Waals surface area contributed by atoms with E-state index in [0.29, 0.717) is 0 Å². The van der Waals surface area contributed by atoms with E-state index in [4.69, 9.17) is 0 Å². The summed E-state index contributed by atoms with van der Waals surface area (Å²) in [5, 5.41) is 0. The maximum Gasteiger partial charge on any atom is 0.538 e. The molecule has 0 heterocycles. The summed E-state index contributed by atoms with van der Waals surface area (Å²) >= 11 is 0. The Kier molecular flexibility index (Phi) is 5.06. The standard InChI is InChI=1S/C4F12P.H2O/c5-1(6,7)17(2(8,9)10,3(11,12)13)4(14,15)16;/h;1H2/q+1;/p-1. The molecule has 0 radical (unpaired) electrons. The maximum absolute atomic E-state index is 11.8. The zero-order valence-corrected chi connectivity index (χ0v) is 8.32. The summed E-state index contributed by atoms with van der Waals surface area (Å²) < 4.78 is 141. The average molecular weight is 324 g/mol. The first-order chi connectivity index (χ1) is 7.00. The minimum atomic E-state index is -9.23. The summed E-state index contributed by atoms with van der Waals surface area (Å²) in [5.74, 6) is -30.0. The predicted molar refractivity (Wildman–Crippen MR) is 33.1 cm³/mol. The molecule has 0 fully saturated rings. The summed E-state index contributed by atoms with van der Waals surface area (Å²) in [6, 6.07) is 0. The summed E-state index contributed by atoms with van der Waals surface area (Å²) in [7, 11) is -9.23. The van der Waals surface area contributed by atoms with E-state index in [0.717, 1.165) is 0 Å². The van der Waals surface area contributed by atoms with Gasteiger partial charge in [-0.25, -0.2) is 0 Å². The molecule has 0 aliphatic heterocycles. The lowest BCUT2D eigenvalue weighted by atomic mass is 11.4. The van der Waals surface area contributed by atoms with Crippen LogP contribution in [0.4, 0.5) is 52.7 Å². The Balaban J connectivity index is 0. The van der Waals surface area contributed by atoms with Crippen molar-refractivity contribution in [3.63, 3.8) is 0 Å². The summed E-state index contributed by atoms with van der Waals surface area (Å²) in [6.07, 6.45) is 0. The number of alkyl halides is 12. The van der Waals surface area contributed by atoms with Gasteiger partial charge < -0.3 is 5.48 Å². The zero-order chi connectivity index (χ0) is 14.5. The Morgan fingerprint density at radius 2 is 0.500 bits per heavy atom. The van der Waals surface area contributed by atoms with Crippen LogP contribution in [0.5, 0.6) is 0 Å². The van der Waals surface area contributed by atoms with E-state index in [1.807, 2.05) is 0 Å². The third kappa shape index (κ3) is 2.60. The molecule has 0 saturated heterocycles. The van der Waals surface area contributed by atoms with Gasteiger partial charge in [-0.2, -0.15) is 0 Å². The first-order valence-corrected chi connectivity index (χ1v) is 4.95. The second kappa shape index (κ2) is 4.58. The van der Waals surface area contributed by atoms with Gasteiger partial charge in [-0.1, -0.05) is 0 Å². The summed E-state index contributed by atoms with van der Waals surface area (Å²) in [5.41, 5.74) is 0. The fraction of sp³-hybridized carbons (Fsp3) is 1.00. The summed E-state index contributed by atoms with van der Waals surface area (Å²) in [6.45, 7) is 0. The van der Waals surface area contributed by atoms with Crippen LogP contribution in [0.3, 0.4) is 0 Å². The average Bonchev–Trinajstić information content (AvgIpc) is 1.67. The Bertz CT molecular complexity index is 217. The smallest absolute Gasteiger partial charge is 0.538 e. The molecular weight excluding hydrogens is 323 g/mol. The lowest BCUT2D eigenvalue weighted by Gasteiger charge is -2.30. The molecule has 0 aliphatic carbocycles. The first kappa shape index (κ1) is 19.9. The SMILES string of the molecule is FC(F)(F)[P+](C(F)(F)F)(C(F)(F)F)C(F)(F)F.[OH-]. The molecule has 112 valence electrons. The second-order valence-corrected chi connectivity index (χ2v) is 5.91. The van der Waals surface area contributed by atoms with E-state index in [1.54, 1.807) is 0 Å². The van der Waals surface area contributed by atoms with E-state index in [1.165, 1.54) is 0 Å². The minimum Gasteiger partial charge on any atom is -0.870 e. The van der Waals surface area contributed by atoms with Crippen molar-refractivity contribution < 1.29 is 58.2 Å². The summed E-state index contributed by atoms with van der Waals surface area (Å²) in [4.78, 5) is 0. The van der Waals surface area contributed by atoms with Gasteiger partial charge in [-0.15, -0.1) is 52.7 Å². The van der Waals surface area contributed by atoms with E-state index in [9.17, 15) is 52.7 Å². The minimum absolute atomic E-state index is 0. The Labute approximate surface area is 90.4 Å². The fourth-order valence-corrected chi connectivity index (χ4v) is 2.59. The highest BCUT2D eigenvalue weighted by Gasteiger charge is 3.04. The van der Waals surface area contributed by atoms with Gasteiger partial charge >= 0.3 is 30.9 Å². The normalized spacial score (nSPS) is 15.3. The van der Waals surface area contributed by atoms with Gasteiger partial charge in [0.15, 0.2) is 0 Å². The maximum atomic E-state index is 11.8. The van der Waals surface area contributed by atoms with Crippen LogP contribution in [0, 0.1) is 0 Å². The van der Waals surface area contributed by atoms with Crippen LogP contribution in [-0.2, 0) is 0 Å². The van der Waals surface area contributed by atoms with Gasteiger partial charge in [0.2, 0.25) is 0 Å². The Morgan fingerprint density at radius 1 is 0.389 bits per heavy atom. The number of hydrogen-bond donors (Lipinski definition) is 0. The molecule has 0 spiro atoms. The molecule has 0 aromatic heterocycles. The highest BCUT2D eigenvalue weighted by Crippen LogP contribution is 2.94. The van der Waals surface area contributed by atoms with Crippen LogP contribution < -0.4 is 0 Å². The van der Waals surface area contributed by atoms with Crippen molar-refractivity contribution in [1.82, 2.24) is 0 Å². The van der Waals surface area contributed by atoms with Crippen LogP contribution in [0.25, 0.3) is 0 Å². The highest BCUT2D eigenvalue weighted by atomic mass is 31.2. The molecule has 1 nitrogen and oxygen atoms in total. The van der Waals surface area contributed by atoms with Gasteiger partial charge in [-0.05, 0) is 0 Å². The van der Waals surface area contributed by atoms with Crippen LogP contribution in [0.15, 0.2) is 0 Å². The number of halogens is 12. The third-order valence-corrected chi connectivity index (χ3v) is 4.56. The molecule has 0 amide bonds. The number of hydrogen-bond acceptors (Lipinski definition) is 1. The van der Waals surface area contributed by atoms with Crippen molar-refractivity contribution in [3.8, 4) is 0 Å². The molecule has 0 rings (SSSR count). The monoisotopic (exact) mass is 324 g/mol. The van der Waals surface area contributed by atoms with Crippen molar-refractivity contribution in [2.75, 3.05) is 0 Å². The van der Waals surface area contributed by atoms with Gasteiger partial charge in [0.05, 0.1) is 0 Å². The van der Waals surface area contributed by atoms with Crippen LogP contribution >= 0.6 is 7.26 Å². The molecule has 0 bridgehead atoms. The number of rotatable bonds is 0. The first-order valence-electron chi connectivity index (χ1n) is 3.16. The predicted octanol–water partition coefficient (Wildman–Crippen LogP) is 4.91. The van der Waals surface area contributed by atoms with Crippen molar-refractivity contribution in [3.05, 3.63) is 0 Å². The van der Waals surface area contributed by atoms with Gasteiger partial charge in [0, 0.05) is 0 Å². The Hall–Kier alpha value is -0.450. The fourth-order valence-electron chi connectivity index (χ4n) is 0.862. The van der Waals surface area contributed by atoms with Gasteiger partial charge in [0.1, 0.15) is 0 Å². The van der Waals surface area contributed by atoms with Crippen molar-refractivity contribution in [1.29, 1.82) is 0 Å². The molecule has 0 aromatic carbocycles. The molecule has 0 unspecified atom stereocenters. The molecule has 0 aliphatic rings. The van der Waals surface area contributed by atoms with E-state index < -0.39 is 30.9 Å². The molecule has 14 heteroatoms. The molecule has 0 atom stereocenters. The lowest BCUT2D eigenvalue weighted by molar-refractivity contribution is -0.170. The van der Waals surface area contributed by atoms with E-state index >= 15 is 0 Å². The van der Waals surface area contributed by atoms with Crippen molar-refractivity contribution >= 4 is 7.26 Å².